The second kappa shape index (κ2) is 5.37. The normalized spacial score (nSPS) is 10.1. The Morgan fingerprint density at radius 1 is 1.73 bits per heavy atom. The molecular weight excluding hydrogens is 204 g/mol. The van der Waals surface area contributed by atoms with Crippen LogP contribution in [0.3, 0.4) is 0 Å². The molecule has 80 valence electrons. The summed E-state index contributed by atoms with van der Waals surface area (Å²) in [5.74, 6) is -1.38. The number of aromatic amines is 1. The fourth-order valence-corrected chi connectivity index (χ4v) is 0.687. The molecule has 0 radical (unpaired) electrons. The molecule has 1 amide bonds. The molecule has 0 bridgehead atoms. The van der Waals surface area contributed by atoms with Gasteiger partial charge in [0.25, 0.3) is 5.91 Å². The lowest BCUT2D eigenvalue weighted by molar-refractivity contribution is -0.129. The second-order valence-corrected chi connectivity index (χ2v) is 2.35. The predicted octanol–water partition coefficient (Wildman–Crippen LogP) is -0.565. The minimum Gasteiger partial charge on any atom is -0.477 e. The Morgan fingerprint density at radius 2 is 2.53 bits per heavy atom. The van der Waals surface area contributed by atoms with Gasteiger partial charge < -0.3 is 15.3 Å². The lowest BCUT2D eigenvalue weighted by atomic mass is 10.6. The number of hydrogen-bond donors (Lipinski definition) is 3. The van der Waals surface area contributed by atoms with Crippen LogP contribution in [0.25, 0.3) is 0 Å². The first-order chi connectivity index (χ1) is 7.18. The number of aromatic nitrogens is 2. The maximum Gasteiger partial charge on any atom is 0.350 e. The van der Waals surface area contributed by atoms with Crippen LogP contribution >= 0.6 is 0 Å². The Morgan fingerprint density at radius 3 is 3.13 bits per heavy atom. The van der Waals surface area contributed by atoms with Gasteiger partial charge in [-0.25, -0.2) is 4.79 Å². The monoisotopic (exact) mass is 212 g/mol. The Hall–Kier alpha value is -2.38. The van der Waals surface area contributed by atoms with Crippen molar-refractivity contribution in [2.75, 3.05) is 11.9 Å². The second-order valence-electron chi connectivity index (χ2n) is 2.35. The number of carbonyl (C=O) groups excluding carboxylic acids is 1. The summed E-state index contributed by atoms with van der Waals surface area (Å²) >= 11 is 0. The standard InChI is InChI=1S/C7H8N4O4/c12-6(4-15-9-3-7(13)14)10-5-1-2-8-11-5/h1-3H,4H2,(H,13,14)(H2,8,10,11,12). The van der Waals surface area contributed by atoms with E-state index in [1.165, 1.54) is 0 Å². The highest BCUT2D eigenvalue weighted by Crippen LogP contribution is 1.97. The van der Waals surface area contributed by atoms with Gasteiger partial charge in [-0.05, 0) is 0 Å². The van der Waals surface area contributed by atoms with Crippen molar-refractivity contribution in [1.82, 2.24) is 10.2 Å². The molecule has 0 aliphatic rings. The third kappa shape index (κ3) is 4.41. The van der Waals surface area contributed by atoms with Gasteiger partial charge in [0.05, 0.1) is 0 Å². The van der Waals surface area contributed by atoms with Crippen molar-refractivity contribution in [3.05, 3.63) is 12.3 Å². The third-order valence-corrected chi connectivity index (χ3v) is 1.20. The summed E-state index contributed by atoms with van der Waals surface area (Å²) < 4.78 is 0. The zero-order valence-electron chi connectivity index (χ0n) is 7.51. The highest BCUT2D eigenvalue weighted by atomic mass is 16.6. The first kappa shape index (κ1) is 10.7. The van der Waals surface area contributed by atoms with E-state index in [0.29, 0.717) is 12.0 Å². The number of anilines is 1. The number of nitrogens with zero attached hydrogens (tertiary/aromatic N) is 2. The van der Waals surface area contributed by atoms with E-state index in [9.17, 15) is 9.59 Å². The van der Waals surface area contributed by atoms with Gasteiger partial charge in [0.1, 0.15) is 0 Å². The zero-order chi connectivity index (χ0) is 11.1. The Labute approximate surface area is 83.9 Å². The lowest BCUT2D eigenvalue weighted by Crippen LogP contribution is -2.17. The molecule has 15 heavy (non-hydrogen) atoms. The van der Waals surface area contributed by atoms with Crippen LogP contribution < -0.4 is 5.32 Å². The van der Waals surface area contributed by atoms with E-state index in [4.69, 9.17) is 5.11 Å². The molecule has 0 saturated carbocycles. The smallest absolute Gasteiger partial charge is 0.350 e. The fourth-order valence-electron chi connectivity index (χ4n) is 0.687. The Kier molecular flexibility index (Phi) is 3.83. The molecule has 0 aromatic carbocycles. The van der Waals surface area contributed by atoms with Crippen LogP contribution in [0, 0.1) is 0 Å². The number of carbonyl (C=O) groups is 2. The molecule has 3 N–H and O–H groups in total. The summed E-state index contributed by atoms with van der Waals surface area (Å²) in [6.07, 6.45) is 2.08. The van der Waals surface area contributed by atoms with Crippen LogP contribution in [-0.4, -0.2) is 40.0 Å². The fraction of sp³-hybridized carbons (Fsp3) is 0.143. The van der Waals surface area contributed by atoms with Crippen molar-refractivity contribution in [3.8, 4) is 0 Å². The Balaban J connectivity index is 2.22. The van der Waals surface area contributed by atoms with E-state index in [1.54, 1.807) is 12.3 Å². The van der Waals surface area contributed by atoms with Crippen molar-refractivity contribution in [2.24, 2.45) is 5.16 Å². The number of oxime groups is 1. The van der Waals surface area contributed by atoms with Gasteiger partial charge in [0, 0.05) is 12.3 Å². The van der Waals surface area contributed by atoms with Crippen LogP contribution in [0.5, 0.6) is 0 Å². The van der Waals surface area contributed by atoms with E-state index in [1.807, 2.05) is 0 Å². The average Bonchev–Trinajstić information content (AvgIpc) is 2.64. The van der Waals surface area contributed by atoms with E-state index in [-0.39, 0.29) is 6.61 Å². The zero-order valence-corrected chi connectivity index (χ0v) is 7.51. The molecule has 0 atom stereocenters. The van der Waals surface area contributed by atoms with Gasteiger partial charge in [-0.3, -0.25) is 9.89 Å². The molecule has 0 spiro atoms. The first-order valence-electron chi connectivity index (χ1n) is 3.86. The number of amides is 1. The highest BCUT2D eigenvalue weighted by Gasteiger charge is 2.03. The number of hydrogen-bond acceptors (Lipinski definition) is 5. The van der Waals surface area contributed by atoms with Gasteiger partial charge >= 0.3 is 5.97 Å². The van der Waals surface area contributed by atoms with Gasteiger partial charge in [-0.15, -0.1) is 0 Å². The topological polar surface area (TPSA) is 117 Å². The van der Waals surface area contributed by atoms with Gasteiger partial charge in [-0.2, -0.15) is 5.10 Å². The molecule has 0 unspecified atom stereocenters. The highest BCUT2D eigenvalue weighted by molar-refractivity contribution is 6.21. The van der Waals surface area contributed by atoms with Crippen molar-refractivity contribution in [1.29, 1.82) is 0 Å². The van der Waals surface area contributed by atoms with Crippen molar-refractivity contribution in [3.63, 3.8) is 0 Å². The number of rotatable bonds is 5. The van der Waals surface area contributed by atoms with Gasteiger partial charge in [0.2, 0.25) is 0 Å². The largest absolute Gasteiger partial charge is 0.477 e. The summed E-state index contributed by atoms with van der Waals surface area (Å²) in [7, 11) is 0. The quantitative estimate of drug-likeness (QED) is 0.446. The Bertz CT molecular complexity index is 359. The summed E-state index contributed by atoms with van der Waals surface area (Å²) in [6.45, 7) is -0.378. The SMILES string of the molecule is O=C(O)C=NOCC(=O)Nc1cc[nH]n1. The molecule has 8 nitrogen and oxygen atoms in total. The minimum absolute atomic E-state index is 0.353. The van der Waals surface area contributed by atoms with Crippen LogP contribution in [0.15, 0.2) is 17.4 Å². The molecular formula is C7H8N4O4. The average molecular weight is 212 g/mol. The summed E-state index contributed by atoms with van der Waals surface area (Å²) in [5.41, 5.74) is 0. The van der Waals surface area contributed by atoms with E-state index in [2.05, 4.69) is 25.5 Å². The summed E-state index contributed by atoms with van der Waals surface area (Å²) in [6, 6.07) is 1.55. The van der Waals surface area contributed by atoms with Crippen LogP contribution in [0.1, 0.15) is 0 Å². The number of nitrogens with one attached hydrogen (secondary N) is 2. The van der Waals surface area contributed by atoms with Crippen molar-refractivity contribution < 1.29 is 19.5 Å². The van der Waals surface area contributed by atoms with E-state index >= 15 is 0 Å². The molecule has 0 aliphatic heterocycles. The maximum atomic E-state index is 11.0. The number of carboxylic acids is 1. The molecule has 0 aliphatic carbocycles. The molecule has 1 rings (SSSR count). The van der Waals surface area contributed by atoms with Gasteiger partial charge in [0.15, 0.2) is 18.6 Å². The van der Waals surface area contributed by atoms with Crippen LogP contribution in [0.2, 0.25) is 0 Å². The summed E-state index contributed by atoms with van der Waals surface area (Å²) in [5, 5.41) is 19.7. The van der Waals surface area contributed by atoms with E-state index < -0.39 is 11.9 Å². The predicted molar refractivity (Wildman–Crippen MR) is 49.3 cm³/mol. The van der Waals surface area contributed by atoms with E-state index in [0.717, 1.165) is 0 Å². The van der Waals surface area contributed by atoms with Crippen molar-refractivity contribution in [2.45, 2.75) is 0 Å². The molecule has 0 saturated heterocycles. The lowest BCUT2D eigenvalue weighted by Gasteiger charge is -1.99. The molecule has 0 fully saturated rings. The summed E-state index contributed by atoms with van der Waals surface area (Å²) in [4.78, 5) is 25.4. The number of aliphatic carboxylic acids is 1. The van der Waals surface area contributed by atoms with Crippen LogP contribution in [-0.2, 0) is 14.4 Å². The first-order valence-corrected chi connectivity index (χ1v) is 3.86. The minimum atomic E-state index is -1.25. The molecule has 1 aromatic heterocycles. The molecule has 8 heteroatoms. The molecule has 1 heterocycles. The van der Waals surface area contributed by atoms with Crippen molar-refractivity contribution >= 4 is 23.9 Å². The number of carboxylic acid groups (broad SMARTS) is 1. The maximum absolute atomic E-state index is 11.0. The number of H-pyrrole nitrogens is 1. The van der Waals surface area contributed by atoms with Crippen LogP contribution in [0.4, 0.5) is 5.82 Å². The molecule has 1 aromatic rings. The van der Waals surface area contributed by atoms with Gasteiger partial charge in [-0.1, -0.05) is 5.16 Å². The third-order valence-electron chi connectivity index (χ3n) is 1.20.